The molecule has 0 unspecified atom stereocenters. The monoisotopic (exact) mass is 174 g/mol. The van der Waals surface area contributed by atoms with Crippen molar-refractivity contribution >= 4 is 11.6 Å². The van der Waals surface area contributed by atoms with Crippen LogP contribution in [0.4, 0.5) is 0 Å². The van der Waals surface area contributed by atoms with Gasteiger partial charge in [0.15, 0.2) is 5.22 Å². The standard InChI is InChI=1S/C7H11ClN2O/c8-7-3-6(5-11-7)4-10-2-1-9/h3,5,10H,1-2,4,9H2. The molecule has 0 bridgehead atoms. The SMILES string of the molecule is NCCNCc1coc(Cl)c1. The Kier molecular flexibility index (Phi) is 3.42. The molecule has 11 heavy (non-hydrogen) atoms. The third-order valence-corrected chi connectivity index (χ3v) is 1.47. The topological polar surface area (TPSA) is 51.2 Å². The maximum atomic E-state index is 5.55. The summed E-state index contributed by atoms with van der Waals surface area (Å²) in [5.74, 6) is 0. The summed E-state index contributed by atoms with van der Waals surface area (Å²) in [6, 6.07) is 1.78. The van der Waals surface area contributed by atoms with Gasteiger partial charge in [-0.15, -0.1) is 0 Å². The number of hydrogen-bond donors (Lipinski definition) is 2. The molecule has 0 radical (unpaired) electrons. The molecule has 4 heteroatoms. The van der Waals surface area contributed by atoms with Crippen LogP contribution in [0.2, 0.25) is 5.22 Å². The van der Waals surface area contributed by atoms with Crippen LogP contribution in [0.1, 0.15) is 5.56 Å². The number of nitrogens with two attached hydrogens (primary N) is 1. The normalized spacial score (nSPS) is 10.4. The fourth-order valence-corrected chi connectivity index (χ4v) is 0.958. The molecule has 3 nitrogen and oxygen atoms in total. The molecule has 0 saturated heterocycles. The van der Waals surface area contributed by atoms with Crippen LogP contribution in [0, 0.1) is 0 Å². The van der Waals surface area contributed by atoms with Crippen LogP contribution in [0.25, 0.3) is 0 Å². The summed E-state index contributed by atoms with van der Waals surface area (Å²) in [4.78, 5) is 0. The van der Waals surface area contributed by atoms with E-state index in [9.17, 15) is 0 Å². The van der Waals surface area contributed by atoms with E-state index in [0.717, 1.165) is 18.7 Å². The molecule has 3 N–H and O–H groups in total. The first-order valence-corrected chi connectivity index (χ1v) is 3.84. The van der Waals surface area contributed by atoms with Crippen molar-refractivity contribution in [2.24, 2.45) is 5.73 Å². The second-order valence-corrected chi connectivity index (χ2v) is 2.60. The Hall–Kier alpha value is -0.510. The molecule has 0 aliphatic heterocycles. The first kappa shape index (κ1) is 8.59. The van der Waals surface area contributed by atoms with Crippen LogP contribution in [0.3, 0.4) is 0 Å². The van der Waals surface area contributed by atoms with Crippen molar-refractivity contribution < 1.29 is 4.42 Å². The summed E-state index contributed by atoms with van der Waals surface area (Å²) < 4.78 is 4.89. The highest BCUT2D eigenvalue weighted by Gasteiger charge is 1.96. The molecule has 0 saturated carbocycles. The molecule has 1 heterocycles. The molecule has 0 aromatic carbocycles. The van der Waals surface area contributed by atoms with Crippen molar-refractivity contribution in [2.75, 3.05) is 13.1 Å². The summed E-state index contributed by atoms with van der Waals surface area (Å²) in [5, 5.41) is 3.55. The molecule has 0 spiro atoms. The van der Waals surface area contributed by atoms with Gasteiger partial charge in [0.25, 0.3) is 0 Å². The largest absolute Gasteiger partial charge is 0.453 e. The van der Waals surface area contributed by atoms with Gasteiger partial charge in [0, 0.05) is 31.3 Å². The Morgan fingerprint density at radius 1 is 1.64 bits per heavy atom. The fraction of sp³-hybridized carbons (Fsp3) is 0.429. The molecule has 1 aromatic rings. The number of rotatable bonds is 4. The van der Waals surface area contributed by atoms with Gasteiger partial charge in [-0.1, -0.05) is 0 Å². The van der Waals surface area contributed by atoms with E-state index < -0.39 is 0 Å². The summed E-state index contributed by atoms with van der Waals surface area (Å²) in [5.41, 5.74) is 6.33. The lowest BCUT2D eigenvalue weighted by atomic mass is 10.3. The number of furan rings is 1. The minimum absolute atomic E-state index is 0.426. The minimum Gasteiger partial charge on any atom is -0.453 e. The van der Waals surface area contributed by atoms with Gasteiger partial charge in [-0.05, 0) is 11.6 Å². The van der Waals surface area contributed by atoms with Crippen molar-refractivity contribution in [3.05, 3.63) is 23.1 Å². The van der Waals surface area contributed by atoms with E-state index in [-0.39, 0.29) is 0 Å². The third kappa shape index (κ3) is 2.93. The van der Waals surface area contributed by atoms with Gasteiger partial charge in [0.05, 0.1) is 6.26 Å². The smallest absolute Gasteiger partial charge is 0.193 e. The maximum Gasteiger partial charge on any atom is 0.193 e. The summed E-state index contributed by atoms with van der Waals surface area (Å²) >= 11 is 5.55. The average Bonchev–Trinajstić information content (AvgIpc) is 2.37. The first-order chi connectivity index (χ1) is 5.33. The summed E-state index contributed by atoms with van der Waals surface area (Å²) in [7, 11) is 0. The second kappa shape index (κ2) is 4.38. The van der Waals surface area contributed by atoms with Crippen LogP contribution in [-0.4, -0.2) is 13.1 Å². The molecule has 0 amide bonds. The van der Waals surface area contributed by atoms with E-state index in [1.54, 1.807) is 12.3 Å². The fourth-order valence-electron chi connectivity index (χ4n) is 0.773. The molecule has 1 aromatic heterocycles. The van der Waals surface area contributed by atoms with E-state index in [2.05, 4.69) is 5.32 Å². The van der Waals surface area contributed by atoms with E-state index in [1.165, 1.54) is 0 Å². The molecular formula is C7H11ClN2O. The Labute approximate surface area is 70.5 Å². The predicted octanol–water partition coefficient (Wildman–Crippen LogP) is 0.981. The van der Waals surface area contributed by atoms with Crippen molar-refractivity contribution in [3.8, 4) is 0 Å². The zero-order valence-electron chi connectivity index (χ0n) is 6.14. The van der Waals surface area contributed by atoms with Crippen molar-refractivity contribution in [1.82, 2.24) is 5.32 Å². The van der Waals surface area contributed by atoms with Crippen molar-refractivity contribution in [1.29, 1.82) is 0 Å². The zero-order chi connectivity index (χ0) is 8.10. The summed E-state index contributed by atoms with van der Waals surface area (Å²) in [6.07, 6.45) is 1.63. The van der Waals surface area contributed by atoms with E-state index >= 15 is 0 Å². The van der Waals surface area contributed by atoms with Crippen LogP contribution >= 0.6 is 11.6 Å². The van der Waals surface area contributed by atoms with Crippen LogP contribution in [0.5, 0.6) is 0 Å². The zero-order valence-corrected chi connectivity index (χ0v) is 6.90. The van der Waals surface area contributed by atoms with Gasteiger partial charge in [0.2, 0.25) is 0 Å². The molecule has 1 rings (SSSR count). The molecule has 62 valence electrons. The summed E-state index contributed by atoms with van der Waals surface area (Å²) in [6.45, 7) is 2.21. The highest BCUT2D eigenvalue weighted by atomic mass is 35.5. The van der Waals surface area contributed by atoms with Gasteiger partial charge in [-0.2, -0.15) is 0 Å². The molecule has 0 aliphatic carbocycles. The first-order valence-electron chi connectivity index (χ1n) is 3.46. The third-order valence-electron chi connectivity index (χ3n) is 1.27. The number of halogens is 1. The number of hydrogen-bond acceptors (Lipinski definition) is 3. The van der Waals surface area contributed by atoms with Crippen LogP contribution in [0.15, 0.2) is 16.7 Å². The van der Waals surface area contributed by atoms with Gasteiger partial charge in [-0.25, -0.2) is 0 Å². The van der Waals surface area contributed by atoms with Gasteiger partial charge in [0.1, 0.15) is 0 Å². The quantitative estimate of drug-likeness (QED) is 0.670. The van der Waals surface area contributed by atoms with Crippen LogP contribution in [-0.2, 0) is 6.54 Å². The lowest BCUT2D eigenvalue weighted by Crippen LogP contribution is -2.21. The average molecular weight is 175 g/mol. The van der Waals surface area contributed by atoms with E-state index in [1.807, 2.05) is 0 Å². The van der Waals surface area contributed by atoms with Gasteiger partial charge >= 0.3 is 0 Å². The molecule has 0 aliphatic rings. The van der Waals surface area contributed by atoms with Crippen LogP contribution < -0.4 is 11.1 Å². The highest BCUT2D eigenvalue weighted by Crippen LogP contribution is 2.12. The Balaban J connectivity index is 2.27. The minimum atomic E-state index is 0.426. The van der Waals surface area contributed by atoms with Crippen molar-refractivity contribution in [2.45, 2.75) is 6.54 Å². The highest BCUT2D eigenvalue weighted by molar-refractivity contribution is 6.28. The second-order valence-electron chi connectivity index (χ2n) is 2.22. The Bertz CT molecular complexity index is 212. The lowest BCUT2D eigenvalue weighted by Gasteiger charge is -1.97. The molecule has 0 fully saturated rings. The van der Waals surface area contributed by atoms with Crippen molar-refractivity contribution in [3.63, 3.8) is 0 Å². The lowest BCUT2D eigenvalue weighted by molar-refractivity contribution is 0.562. The maximum absolute atomic E-state index is 5.55. The molecule has 0 atom stereocenters. The van der Waals surface area contributed by atoms with E-state index in [4.69, 9.17) is 21.8 Å². The van der Waals surface area contributed by atoms with Gasteiger partial charge in [-0.3, -0.25) is 0 Å². The Morgan fingerprint density at radius 2 is 2.45 bits per heavy atom. The van der Waals surface area contributed by atoms with E-state index in [0.29, 0.717) is 11.8 Å². The Morgan fingerprint density at radius 3 is 3.00 bits per heavy atom. The predicted molar refractivity (Wildman–Crippen MR) is 44.5 cm³/mol. The van der Waals surface area contributed by atoms with Gasteiger partial charge < -0.3 is 15.5 Å². The molecular weight excluding hydrogens is 164 g/mol. The number of nitrogens with one attached hydrogen (secondary N) is 1.